The van der Waals surface area contributed by atoms with E-state index in [0.717, 1.165) is 24.0 Å². The van der Waals surface area contributed by atoms with Crippen LogP contribution >= 0.6 is 0 Å². The van der Waals surface area contributed by atoms with E-state index in [-0.39, 0.29) is 30.8 Å². The molecule has 2 aromatic rings. The van der Waals surface area contributed by atoms with Crippen LogP contribution in [-0.4, -0.2) is 35.9 Å². The number of hydrogen-bond donors (Lipinski definition) is 1. The lowest BCUT2D eigenvalue weighted by atomic mass is 10.1. The summed E-state index contributed by atoms with van der Waals surface area (Å²) in [5.74, 6) is -0.186. The molecule has 0 radical (unpaired) electrons. The first-order valence-corrected chi connectivity index (χ1v) is 10.5. The van der Waals surface area contributed by atoms with Crippen LogP contribution in [0.2, 0.25) is 0 Å². The van der Waals surface area contributed by atoms with Gasteiger partial charge in [-0.3, -0.25) is 9.59 Å². The van der Waals surface area contributed by atoms with Gasteiger partial charge in [0.2, 0.25) is 5.91 Å². The van der Waals surface area contributed by atoms with Gasteiger partial charge < -0.3 is 15.0 Å². The van der Waals surface area contributed by atoms with E-state index in [9.17, 15) is 14.0 Å². The van der Waals surface area contributed by atoms with Crippen LogP contribution in [-0.2, 0) is 16.1 Å². The van der Waals surface area contributed by atoms with Crippen molar-refractivity contribution < 1.29 is 18.7 Å². The zero-order chi connectivity index (χ0) is 21.9. The highest BCUT2D eigenvalue weighted by Gasteiger charge is 2.28. The Labute approximate surface area is 178 Å². The fourth-order valence-electron chi connectivity index (χ4n) is 3.15. The van der Waals surface area contributed by atoms with Crippen LogP contribution in [0.15, 0.2) is 48.5 Å². The predicted octanol–water partition coefficient (Wildman–Crippen LogP) is 4.24. The van der Waals surface area contributed by atoms with E-state index in [0.29, 0.717) is 18.7 Å². The Balaban J connectivity index is 2.17. The zero-order valence-corrected chi connectivity index (χ0v) is 18.0. The average Bonchev–Trinajstić information content (AvgIpc) is 2.74. The summed E-state index contributed by atoms with van der Waals surface area (Å²) in [4.78, 5) is 27.4. The van der Waals surface area contributed by atoms with Crippen molar-refractivity contribution in [3.63, 3.8) is 0 Å². The van der Waals surface area contributed by atoms with Gasteiger partial charge in [-0.05, 0) is 49.1 Å². The summed E-state index contributed by atoms with van der Waals surface area (Å²) in [5.41, 5.74) is 1.68. The van der Waals surface area contributed by atoms with Gasteiger partial charge in [-0.25, -0.2) is 4.39 Å². The van der Waals surface area contributed by atoms with Crippen molar-refractivity contribution in [3.8, 4) is 5.75 Å². The molecule has 2 rings (SSSR count). The third kappa shape index (κ3) is 6.87. The number of benzene rings is 2. The van der Waals surface area contributed by atoms with Crippen molar-refractivity contribution in [2.24, 2.45) is 0 Å². The van der Waals surface area contributed by atoms with Gasteiger partial charge in [-0.2, -0.15) is 0 Å². The molecule has 0 saturated heterocycles. The maximum atomic E-state index is 13.3. The van der Waals surface area contributed by atoms with Crippen LogP contribution in [0.25, 0.3) is 0 Å². The van der Waals surface area contributed by atoms with E-state index >= 15 is 0 Å². The number of nitrogens with one attached hydrogen (secondary N) is 1. The molecule has 0 fully saturated rings. The Kier molecular flexibility index (Phi) is 9.32. The topological polar surface area (TPSA) is 58.6 Å². The molecule has 6 heteroatoms. The van der Waals surface area contributed by atoms with Crippen LogP contribution < -0.4 is 10.1 Å². The van der Waals surface area contributed by atoms with E-state index in [2.05, 4.69) is 12.2 Å². The molecule has 1 N–H and O–H groups in total. The minimum Gasteiger partial charge on any atom is -0.484 e. The Morgan fingerprint density at radius 3 is 2.43 bits per heavy atom. The molecule has 0 aliphatic heterocycles. The first-order valence-electron chi connectivity index (χ1n) is 10.5. The summed E-state index contributed by atoms with van der Waals surface area (Å²) >= 11 is 0. The van der Waals surface area contributed by atoms with Crippen LogP contribution in [0.4, 0.5) is 4.39 Å². The molecule has 0 heterocycles. The summed E-state index contributed by atoms with van der Waals surface area (Å²) in [6.07, 6.45) is 2.32. The SMILES string of the molecule is CCCCNC(=O)[C@@H](CC)N(Cc1ccc(F)cc1)C(=O)COc1ccccc1C. The third-order valence-electron chi connectivity index (χ3n) is 4.93. The van der Waals surface area contributed by atoms with Crippen molar-refractivity contribution in [1.82, 2.24) is 10.2 Å². The van der Waals surface area contributed by atoms with E-state index < -0.39 is 6.04 Å². The Morgan fingerprint density at radius 2 is 1.80 bits per heavy atom. The number of carbonyl (C=O) groups excluding carboxylic acids is 2. The van der Waals surface area contributed by atoms with E-state index in [1.807, 2.05) is 38.1 Å². The van der Waals surface area contributed by atoms with Gasteiger partial charge in [-0.1, -0.05) is 50.6 Å². The average molecular weight is 415 g/mol. The van der Waals surface area contributed by atoms with Crippen LogP contribution in [0, 0.1) is 12.7 Å². The zero-order valence-electron chi connectivity index (χ0n) is 18.0. The fourth-order valence-corrected chi connectivity index (χ4v) is 3.15. The Bertz CT molecular complexity index is 823. The van der Waals surface area contributed by atoms with Gasteiger partial charge in [0.1, 0.15) is 17.6 Å². The number of ether oxygens (including phenoxy) is 1. The third-order valence-corrected chi connectivity index (χ3v) is 4.93. The summed E-state index contributed by atoms with van der Waals surface area (Å²) < 4.78 is 19.0. The minimum absolute atomic E-state index is 0.176. The van der Waals surface area contributed by atoms with Crippen molar-refractivity contribution in [1.29, 1.82) is 0 Å². The normalized spacial score (nSPS) is 11.6. The highest BCUT2D eigenvalue weighted by Crippen LogP contribution is 2.18. The number of aryl methyl sites for hydroxylation is 1. The van der Waals surface area contributed by atoms with Crippen molar-refractivity contribution in [2.75, 3.05) is 13.2 Å². The molecule has 0 saturated carbocycles. The quantitative estimate of drug-likeness (QED) is 0.560. The first-order chi connectivity index (χ1) is 14.5. The lowest BCUT2D eigenvalue weighted by molar-refractivity contribution is -0.143. The summed E-state index contributed by atoms with van der Waals surface area (Å²) in [6, 6.07) is 12.8. The van der Waals surface area contributed by atoms with Crippen LogP contribution in [0.3, 0.4) is 0 Å². The van der Waals surface area contributed by atoms with E-state index in [4.69, 9.17) is 4.74 Å². The molecule has 30 heavy (non-hydrogen) atoms. The van der Waals surface area contributed by atoms with Gasteiger partial charge in [0, 0.05) is 13.1 Å². The standard InChI is InChI=1S/C24H31FN2O3/c1-4-6-15-26-24(29)21(5-2)27(16-19-11-13-20(25)14-12-19)23(28)17-30-22-10-8-7-9-18(22)3/h7-14,21H,4-6,15-17H2,1-3H3,(H,26,29)/t21-/m1/s1. The Morgan fingerprint density at radius 1 is 1.10 bits per heavy atom. The molecule has 0 bridgehead atoms. The van der Waals surface area contributed by atoms with Crippen molar-refractivity contribution in [3.05, 3.63) is 65.5 Å². The second kappa shape index (κ2) is 12.0. The van der Waals surface area contributed by atoms with E-state index in [1.165, 1.54) is 17.0 Å². The molecule has 0 aromatic heterocycles. The highest BCUT2D eigenvalue weighted by molar-refractivity contribution is 5.88. The second-order valence-corrected chi connectivity index (χ2v) is 7.27. The molecular formula is C24H31FN2O3. The van der Waals surface area contributed by atoms with Gasteiger partial charge >= 0.3 is 0 Å². The smallest absolute Gasteiger partial charge is 0.261 e. The largest absolute Gasteiger partial charge is 0.484 e. The van der Waals surface area contributed by atoms with Crippen LogP contribution in [0.5, 0.6) is 5.75 Å². The predicted molar refractivity (Wildman–Crippen MR) is 116 cm³/mol. The number of unbranched alkanes of at least 4 members (excludes halogenated alkanes) is 1. The van der Waals surface area contributed by atoms with Gasteiger partial charge in [-0.15, -0.1) is 0 Å². The van der Waals surface area contributed by atoms with Gasteiger partial charge in [0.05, 0.1) is 0 Å². The summed E-state index contributed by atoms with van der Waals surface area (Å²) in [7, 11) is 0. The highest BCUT2D eigenvalue weighted by atomic mass is 19.1. The number of halogens is 1. The maximum Gasteiger partial charge on any atom is 0.261 e. The molecule has 5 nitrogen and oxygen atoms in total. The Hall–Kier alpha value is -2.89. The molecule has 162 valence electrons. The van der Waals surface area contributed by atoms with Crippen molar-refractivity contribution >= 4 is 11.8 Å². The number of amides is 2. The molecule has 0 unspecified atom stereocenters. The number of rotatable bonds is 11. The number of para-hydroxylation sites is 1. The molecule has 0 aliphatic rings. The minimum atomic E-state index is -0.625. The summed E-state index contributed by atoms with van der Waals surface area (Å²) in [6.45, 7) is 6.44. The molecule has 0 spiro atoms. The monoisotopic (exact) mass is 414 g/mol. The first kappa shape index (κ1) is 23.4. The molecular weight excluding hydrogens is 383 g/mol. The van der Waals surface area contributed by atoms with Crippen LogP contribution in [0.1, 0.15) is 44.2 Å². The van der Waals surface area contributed by atoms with Gasteiger partial charge in [0.15, 0.2) is 6.61 Å². The van der Waals surface area contributed by atoms with Gasteiger partial charge in [0.25, 0.3) is 5.91 Å². The molecule has 0 aliphatic carbocycles. The molecule has 1 atom stereocenters. The number of nitrogens with zero attached hydrogens (tertiary/aromatic N) is 1. The lowest BCUT2D eigenvalue weighted by Gasteiger charge is -2.30. The second-order valence-electron chi connectivity index (χ2n) is 7.27. The maximum absolute atomic E-state index is 13.3. The number of hydrogen-bond acceptors (Lipinski definition) is 3. The summed E-state index contributed by atoms with van der Waals surface area (Å²) in [5, 5.41) is 2.91. The van der Waals surface area contributed by atoms with E-state index in [1.54, 1.807) is 12.1 Å². The van der Waals surface area contributed by atoms with Crippen molar-refractivity contribution in [2.45, 2.75) is 52.6 Å². The molecule has 2 amide bonds. The fraction of sp³-hybridized carbons (Fsp3) is 0.417. The lowest BCUT2D eigenvalue weighted by Crippen LogP contribution is -2.50. The number of carbonyl (C=O) groups is 2. The molecule has 2 aromatic carbocycles.